The average molecular weight is 396 g/mol. The van der Waals surface area contributed by atoms with Gasteiger partial charge in [-0.2, -0.15) is 0 Å². The van der Waals surface area contributed by atoms with Crippen LogP contribution in [0.3, 0.4) is 0 Å². The fourth-order valence-corrected chi connectivity index (χ4v) is 9.13. The lowest BCUT2D eigenvalue weighted by Gasteiger charge is -2.27. The molecule has 0 radical (unpaired) electrons. The zero-order valence-electron chi connectivity index (χ0n) is 15.3. The molecule has 0 aliphatic heterocycles. The first kappa shape index (κ1) is 17.3. The standard InChI is InChI=1S/C25H19NPS/c1-4-11-20(12-5-1)27(21-13-6-2-7-14-21,22-15-8-3-9-16-22)23-17-10-18-24-25(23)26-19-28-24/h1-19H/q+1. The predicted octanol–water partition coefficient (Wildman–Crippen LogP) is 4.92. The van der Waals surface area contributed by atoms with E-state index in [1.165, 1.54) is 25.9 Å². The van der Waals surface area contributed by atoms with Crippen molar-refractivity contribution in [2.75, 3.05) is 0 Å². The Hall–Kier alpha value is -2.80. The molecular weight excluding hydrogens is 377 g/mol. The molecule has 0 atom stereocenters. The Labute approximate surface area is 169 Å². The second-order valence-electron chi connectivity index (χ2n) is 6.65. The molecule has 134 valence electrons. The van der Waals surface area contributed by atoms with Crippen molar-refractivity contribution in [1.29, 1.82) is 0 Å². The number of fused-ring (bicyclic) bond motifs is 1. The summed E-state index contributed by atoms with van der Waals surface area (Å²) < 4.78 is 1.24. The first-order chi connectivity index (χ1) is 13.9. The summed E-state index contributed by atoms with van der Waals surface area (Å²) in [6.45, 7) is 0. The van der Waals surface area contributed by atoms with Gasteiger partial charge in [0.2, 0.25) is 0 Å². The first-order valence-electron chi connectivity index (χ1n) is 9.29. The molecule has 0 aliphatic carbocycles. The fraction of sp³-hybridized carbons (Fsp3) is 0. The lowest BCUT2D eigenvalue weighted by molar-refractivity contribution is 1.51. The van der Waals surface area contributed by atoms with E-state index in [-0.39, 0.29) is 0 Å². The summed E-state index contributed by atoms with van der Waals surface area (Å²) in [6.07, 6.45) is 0. The first-order valence-corrected chi connectivity index (χ1v) is 12.0. The Morgan fingerprint density at radius 1 is 0.536 bits per heavy atom. The van der Waals surface area contributed by atoms with Crippen LogP contribution in [-0.4, -0.2) is 4.98 Å². The molecule has 5 aromatic rings. The number of rotatable bonds is 4. The molecule has 0 fully saturated rings. The van der Waals surface area contributed by atoms with Gasteiger partial charge in [0, 0.05) is 0 Å². The molecule has 0 unspecified atom stereocenters. The highest BCUT2D eigenvalue weighted by molar-refractivity contribution is 8.01. The largest absolute Gasteiger partial charge is 0.240 e. The van der Waals surface area contributed by atoms with Crippen molar-refractivity contribution >= 4 is 50.0 Å². The Morgan fingerprint density at radius 2 is 1.04 bits per heavy atom. The van der Waals surface area contributed by atoms with E-state index in [4.69, 9.17) is 4.98 Å². The quantitative estimate of drug-likeness (QED) is 0.393. The lowest BCUT2D eigenvalue weighted by Crippen LogP contribution is -2.39. The van der Waals surface area contributed by atoms with E-state index in [0.717, 1.165) is 5.52 Å². The predicted molar refractivity (Wildman–Crippen MR) is 124 cm³/mol. The zero-order valence-corrected chi connectivity index (χ0v) is 17.0. The van der Waals surface area contributed by atoms with Gasteiger partial charge in [-0.15, -0.1) is 11.3 Å². The van der Waals surface area contributed by atoms with Crippen LogP contribution in [0.15, 0.2) is 115 Å². The van der Waals surface area contributed by atoms with Crippen molar-refractivity contribution in [2.45, 2.75) is 0 Å². The van der Waals surface area contributed by atoms with E-state index in [0.29, 0.717) is 0 Å². The molecule has 28 heavy (non-hydrogen) atoms. The highest BCUT2D eigenvalue weighted by Gasteiger charge is 2.49. The van der Waals surface area contributed by atoms with Crippen LogP contribution in [0.1, 0.15) is 0 Å². The number of benzene rings is 4. The van der Waals surface area contributed by atoms with Crippen LogP contribution in [0.25, 0.3) is 10.2 Å². The summed E-state index contributed by atoms with van der Waals surface area (Å²) in [6, 6.07) is 39.5. The lowest BCUT2D eigenvalue weighted by atomic mass is 10.3. The minimum atomic E-state index is -2.07. The maximum atomic E-state index is 4.81. The number of aromatic nitrogens is 1. The minimum absolute atomic E-state index is 1.12. The molecule has 0 spiro atoms. The van der Waals surface area contributed by atoms with Crippen molar-refractivity contribution in [2.24, 2.45) is 0 Å². The molecule has 0 saturated carbocycles. The van der Waals surface area contributed by atoms with Crippen molar-refractivity contribution in [1.82, 2.24) is 4.98 Å². The highest BCUT2D eigenvalue weighted by Crippen LogP contribution is 2.55. The number of nitrogens with zero attached hydrogens (tertiary/aromatic N) is 1. The van der Waals surface area contributed by atoms with Crippen LogP contribution >= 0.6 is 18.6 Å². The molecule has 3 heteroatoms. The van der Waals surface area contributed by atoms with Gasteiger partial charge in [-0.05, 0) is 48.5 Å². The second-order valence-corrected chi connectivity index (χ2v) is 10.9. The van der Waals surface area contributed by atoms with Crippen molar-refractivity contribution in [3.8, 4) is 0 Å². The number of para-hydroxylation sites is 1. The number of hydrogen-bond donors (Lipinski definition) is 0. The fourth-order valence-electron chi connectivity index (χ4n) is 3.96. The van der Waals surface area contributed by atoms with Crippen molar-refractivity contribution in [3.05, 3.63) is 115 Å². The molecule has 1 nitrogen and oxygen atoms in total. The summed E-state index contributed by atoms with van der Waals surface area (Å²) >= 11 is 1.71. The normalized spacial score (nSPS) is 11.6. The van der Waals surface area contributed by atoms with E-state index in [9.17, 15) is 0 Å². The van der Waals surface area contributed by atoms with Crippen LogP contribution in [0, 0.1) is 0 Å². The van der Waals surface area contributed by atoms with E-state index < -0.39 is 7.26 Å². The van der Waals surface area contributed by atoms with Crippen LogP contribution in [0.2, 0.25) is 0 Å². The molecule has 5 rings (SSSR count). The smallest absolute Gasteiger partial charge is 0.146 e. The number of hydrogen-bond acceptors (Lipinski definition) is 2. The van der Waals surface area contributed by atoms with Gasteiger partial charge in [-0.1, -0.05) is 60.7 Å². The monoisotopic (exact) mass is 396 g/mol. The van der Waals surface area contributed by atoms with Gasteiger partial charge in [0.05, 0.1) is 10.2 Å². The van der Waals surface area contributed by atoms with Gasteiger partial charge in [-0.25, -0.2) is 4.98 Å². The van der Waals surface area contributed by atoms with Crippen LogP contribution in [-0.2, 0) is 0 Å². The summed E-state index contributed by atoms with van der Waals surface area (Å²) in [5, 5.41) is 5.39. The summed E-state index contributed by atoms with van der Waals surface area (Å²) in [5.74, 6) is 0. The van der Waals surface area contributed by atoms with Gasteiger partial charge in [0.15, 0.2) is 0 Å². The van der Waals surface area contributed by atoms with Gasteiger partial charge < -0.3 is 0 Å². The molecular formula is C25H19NPS+. The van der Waals surface area contributed by atoms with E-state index in [1.54, 1.807) is 11.3 Å². The van der Waals surface area contributed by atoms with Crippen LogP contribution in [0.5, 0.6) is 0 Å². The Kier molecular flexibility index (Phi) is 4.52. The Balaban J connectivity index is 1.98. The summed E-state index contributed by atoms with van der Waals surface area (Å²) in [4.78, 5) is 4.81. The van der Waals surface area contributed by atoms with E-state index in [2.05, 4.69) is 109 Å². The van der Waals surface area contributed by atoms with Crippen molar-refractivity contribution in [3.63, 3.8) is 0 Å². The molecule has 0 saturated heterocycles. The Bertz CT molecular complexity index is 1100. The third-order valence-electron chi connectivity index (χ3n) is 5.13. The molecule has 0 N–H and O–H groups in total. The maximum absolute atomic E-state index is 4.81. The van der Waals surface area contributed by atoms with Crippen LogP contribution in [0.4, 0.5) is 0 Å². The van der Waals surface area contributed by atoms with Gasteiger partial charge >= 0.3 is 0 Å². The molecule has 0 aliphatic rings. The Morgan fingerprint density at radius 3 is 1.54 bits per heavy atom. The summed E-state index contributed by atoms with van der Waals surface area (Å²) in [7, 11) is -2.07. The van der Waals surface area contributed by atoms with Gasteiger partial charge in [0.1, 0.15) is 34.0 Å². The average Bonchev–Trinajstić information content (AvgIpc) is 3.26. The molecule has 1 heterocycles. The van der Waals surface area contributed by atoms with Crippen molar-refractivity contribution < 1.29 is 0 Å². The second kappa shape index (κ2) is 7.31. The topological polar surface area (TPSA) is 12.9 Å². The van der Waals surface area contributed by atoms with E-state index >= 15 is 0 Å². The molecule has 4 aromatic carbocycles. The molecule has 0 bridgehead atoms. The van der Waals surface area contributed by atoms with Gasteiger partial charge in [0.25, 0.3) is 0 Å². The third kappa shape index (κ3) is 2.69. The molecule has 1 aromatic heterocycles. The maximum Gasteiger partial charge on any atom is 0.146 e. The third-order valence-corrected chi connectivity index (χ3v) is 10.2. The zero-order chi connectivity index (χ0) is 18.8. The summed E-state index contributed by atoms with van der Waals surface area (Å²) in [5.41, 5.74) is 3.08. The SMILES string of the molecule is c1ccc([P+](c2ccccc2)(c2ccccc2)c2cccc3scnc23)cc1. The van der Waals surface area contributed by atoms with Crippen LogP contribution < -0.4 is 21.2 Å². The van der Waals surface area contributed by atoms with E-state index in [1.807, 2.05) is 5.51 Å². The minimum Gasteiger partial charge on any atom is -0.240 e. The highest BCUT2D eigenvalue weighted by atomic mass is 32.1. The number of thiazole rings is 1. The van der Waals surface area contributed by atoms with Gasteiger partial charge in [-0.3, -0.25) is 0 Å². The molecule has 0 amide bonds.